The van der Waals surface area contributed by atoms with Gasteiger partial charge in [-0.1, -0.05) is 13.8 Å². The number of nitrogens with two attached hydrogens (primary N) is 1. The molecule has 0 aromatic rings. The molecule has 0 saturated carbocycles. The van der Waals surface area contributed by atoms with Gasteiger partial charge in [0.05, 0.1) is 25.4 Å². The van der Waals surface area contributed by atoms with Gasteiger partial charge in [-0.05, 0) is 12.8 Å². The molecule has 3 N–H and O–H groups in total. The second-order valence-corrected chi connectivity index (χ2v) is 3.47. The Morgan fingerprint density at radius 3 is 2.38 bits per heavy atom. The molecular weight excluding hydrogens is 170 g/mol. The van der Waals surface area contributed by atoms with E-state index in [1.807, 2.05) is 13.8 Å². The van der Waals surface area contributed by atoms with Crippen LogP contribution in [-0.2, 0) is 9.47 Å². The van der Waals surface area contributed by atoms with E-state index in [1.165, 1.54) is 0 Å². The molecule has 1 rings (SSSR count). The molecule has 13 heavy (non-hydrogen) atoms. The van der Waals surface area contributed by atoms with Crippen LogP contribution in [0.5, 0.6) is 0 Å². The van der Waals surface area contributed by atoms with Crippen LogP contribution < -0.4 is 5.73 Å². The maximum absolute atomic E-state index is 9.45. The lowest BCUT2D eigenvalue weighted by atomic mass is 10.1. The molecule has 0 aromatic carbocycles. The summed E-state index contributed by atoms with van der Waals surface area (Å²) < 4.78 is 11.1. The summed E-state index contributed by atoms with van der Waals surface area (Å²) in [5.74, 6) is -0.533. The van der Waals surface area contributed by atoms with Crippen LogP contribution in [0.25, 0.3) is 0 Å². The summed E-state index contributed by atoms with van der Waals surface area (Å²) in [5, 5.41) is 9.45. The molecule has 1 heterocycles. The standard InChI is InChI=1S/C9H19NO3/c1-3-9(4-2)12-5-7(10)8(11)6-13-9/h7-8,11H,3-6,10H2,1-2H3. The first-order valence-electron chi connectivity index (χ1n) is 4.85. The number of ether oxygens (including phenoxy) is 2. The topological polar surface area (TPSA) is 64.7 Å². The molecule has 0 radical (unpaired) electrons. The molecule has 1 fully saturated rings. The molecule has 1 aliphatic heterocycles. The Bertz CT molecular complexity index is 145. The van der Waals surface area contributed by atoms with Crippen molar-refractivity contribution in [3.8, 4) is 0 Å². The van der Waals surface area contributed by atoms with Crippen molar-refractivity contribution in [2.75, 3.05) is 13.2 Å². The number of aliphatic hydroxyl groups excluding tert-OH is 1. The molecule has 0 aliphatic carbocycles. The molecule has 0 amide bonds. The normalized spacial score (nSPS) is 34.2. The van der Waals surface area contributed by atoms with E-state index in [0.29, 0.717) is 6.61 Å². The van der Waals surface area contributed by atoms with Crippen molar-refractivity contribution in [2.45, 2.75) is 44.6 Å². The van der Waals surface area contributed by atoms with Gasteiger partial charge < -0.3 is 20.3 Å². The SMILES string of the molecule is CCC1(CC)OCC(N)C(O)CO1. The lowest BCUT2D eigenvalue weighted by Gasteiger charge is -2.29. The van der Waals surface area contributed by atoms with Gasteiger partial charge in [-0.25, -0.2) is 0 Å². The highest BCUT2D eigenvalue weighted by molar-refractivity contribution is 4.78. The van der Waals surface area contributed by atoms with Gasteiger partial charge in [-0.3, -0.25) is 0 Å². The third-order valence-electron chi connectivity index (χ3n) is 2.63. The van der Waals surface area contributed by atoms with E-state index >= 15 is 0 Å². The third-order valence-corrected chi connectivity index (χ3v) is 2.63. The van der Waals surface area contributed by atoms with Gasteiger partial charge in [0, 0.05) is 0 Å². The summed E-state index contributed by atoms with van der Waals surface area (Å²) in [6.45, 7) is 4.64. The smallest absolute Gasteiger partial charge is 0.167 e. The molecule has 1 saturated heterocycles. The Morgan fingerprint density at radius 1 is 1.31 bits per heavy atom. The number of hydrogen-bond acceptors (Lipinski definition) is 4. The van der Waals surface area contributed by atoms with Crippen LogP contribution in [0.1, 0.15) is 26.7 Å². The van der Waals surface area contributed by atoms with E-state index in [2.05, 4.69) is 0 Å². The zero-order valence-corrected chi connectivity index (χ0v) is 8.32. The highest BCUT2D eigenvalue weighted by Gasteiger charge is 2.34. The Hall–Kier alpha value is -0.160. The van der Waals surface area contributed by atoms with Crippen LogP contribution in [0.2, 0.25) is 0 Å². The molecule has 0 bridgehead atoms. The van der Waals surface area contributed by atoms with E-state index in [9.17, 15) is 5.11 Å². The van der Waals surface area contributed by atoms with Crippen molar-refractivity contribution >= 4 is 0 Å². The molecule has 78 valence electrons. The first-order valence-corrected chi connectivity index (χ1v) is 4.85. The van der Waals surface area contributed by atoms with Gasteiger partial charge >= 0.3 is 0 Å². The van der Waals surface area contributed by atoms with Gasteiger partial charge in [0.2, 0.25) is 0 Å². The number of aliphatic hydroxyl groups is 1. The van der Waals surface area contributed by atoms with Crippen molar-refractivity contribution < 1.29 is 14.6 Å². The van der Waals surface area contributed by atoms with E-state index in [1.54, 1.807) is 0 Å². The average Bonchev–Trinajstić information content (AvgIpc) is 2.30. The average molecular weight is 189 g/mol. The minimum Gasteiger partial charge on any atom is -0.389 e. The van der Waals surface area contributed by atoms with Crippen LogP contribution >= 0.6 is 0 Å². The Labute approximate surface area is 79.0 Å². The van der Waals surface area contributed by atoms with Gasteiger partial charge in [0.25, 0.3) is 0 Å². The van der Waals surface area contributed by atoms with Gasteiger partial charge in [-0.2, -0.15) is 0 Å². The number of hydrogen-bond donors (Lipinski definition) is 2. The van der Waals surface area contributed by atoms with Crippen molar-refractivity contribution in [3.05, 3.63) is 0 Å². The van der Waals surface area contributed by atoms with E-state index in [-0.39, 0.29) is 12.6 Å². The molecule has 1 aliphatic rings. The highest BCUT2D eigenvalue weighted by Crippen LogP contribution is 2.25. The third kappa shape index (κ3) is 2.40. The molecule has 4 nitrogen and oxygen atoms in total. The molecule has 0 spiro atoms. The number of rotatable bonds is 2. The minimum atomic E-state index is -0.611. The van der Waals surface area contributed by atoms with Gasteiger partial charge in [0.1, 0.15) is 0 Å². The predicted molar refractivity (Wildman–Crippen MR) is 49.2 cm³/mol. The fourth-order valence-electron chi connectivity index (χ4n) is 1.42. The summed E-state index contributed by atoms with van der Waals surface area (Å²) in [5.41, 5.74) is 5.65. The second kappa shape index (κ2) is 4.37. The lowest BCUT2D eigenvalue weighted by molar-refractivity contribution is -0.231. The maximum atomic E-state index is 9.45. The second-order valence-electron chi connectivity index (χ2n) is 3.47. The van der Waals surface area contributed by atoms with Crippen LogP contribution in [0.4, 0.5) is 0 Å². The maximum Gasteiger partial charge on any atom is 0.167 e. The van der Waals surface area contributed by atoms with Gasteiger partial charge in [0.15, 0.2) is 5.79 Å². The first-order chi connectivity index (χ1) is 6.13. The predicted octanol–water partition coefficient (Wildman–Crippen LogP) is 0.238. The largest absolute Gasteiger partial charge is 0.389 e. The van der Waals surface area contributed by atoms with Crippen LogP contribution in [0, 0.1) is 0 Å². The molecular formula is C9H19NO3. The summed E-state index contributed by atoms with van der Waals surface area (Å²) in [6, 6.07) is -0.333. The van der Waals surface area contributed by atoms with E-state index < -0.39 is 11.9 Å². The molecule has 0 aromatic heterocycles. The lowest BCUT2D eigenvalue weighted by Crippen LogP contribution is -2.39. The first kappa shape index (κ1) is 10.9. The zero-order valence-electron chi connectivity index (χ0n) is 8.32. The highest BCUT2D eigenvalue weighted by atomic mass is 16.7. The fraction of sp³-hybridized carbons (Fsp3) is 1.00. The van der Waals surface area contributed by atoms with E-state index in [4.69, 9.17) is 15.2 Å². The summed E-state index contributed by atoms with van der Waals surface area (Å²) >= 11 is 0. The van der Waals surface area contributed by atoms with Crippen molar-refractivity contribution in [1.82, 2.24) is 0 Å². The quantitative estimate of drug-likeness (QED) is 0.653. The van der Waals surface area contributed by atoms with Crippen molar-refractivity contribution in [3.63, 3.8) is 0 Å². The Balaban J connectivity index is 2.61. The van der Waals surface area contributed by atoms with Crippen LogP contribution in [0.3, 0.4) is 0 Å². The molecule has 2 unspecified atom stereocenters. The van der Waals surface area contributed by atoms with Crippen LogP contribution in [0.15, 0.2) is 0 Å². The summed E-state index contributed by atoms with van der Waals surface area (Å²) in [4.78, 5) is 0. The molecule has 2 atom stereocenters. The monoisotopic (exact) mass is 189 g/mol. The molecule has 4 heteroatoms. The minimum absolute atomic E-state index is 0.267. The Morgan fingerprint density at radius 2 is 1.85 bits per heavy atom. The zero-order chi connectivity index (χ0) is 9.90. The van der Waals surface area contributed by atoms with Crippen LogP contribution in [-0.4, -0.2) is 36.3 Å². The van der Waals surface area contributed by atoms with Crippen molar-refractivity contribution in [2.24, 2.45) is 5.73 Å². The van der Waals surface area contributed by atoms with Gasteiger partial charge in [-0.15, -0.1) is 0 Å². The van der Waals surface area contributed by atoms with E-state index in [0.717, 1.165) is 12.8 Å². The van der Waals surface area contributed by atoms with Crippen molar-refractivity contribution in [1.29, 1.82) is 0 Å². The Kier molecular flexibility index (Phi) is 3.67. The fourth-order valence-corrected chi connectivity index (χ4v) is 1.42. The summed E-state index contributed by atoms with van der Waals surface area (Å²) in [6.07, 6.45) is 0.950. The summed E-state index contributed by atoms with van der Waals surface area (Å²) in [7, 11) is 0.